The smallest absolute Gasteiger partial charge is 0.191 e. The van der Waals surface area contributed by atoms with Crippen molar-refractivity contribution < 1.29 is 4.52 Å². The third kappa shape index (κ3) is 5.28. The van der Waals surface area contributed by atoms with E-state index in [9.17, 15) is 0 Å². The highest BCUT2D eigenvalue weighted by Crippen LogP contribution is 2.18. The van der Waals surface area contributed by atoms with Gasteiger partial charge in [0.25, 0.3) is 0 Å². The molecule has 0 spiro atoms. The van der Waals surface area contributed by atoms with E-state index in [0.717, 1.165) is 30.4 Å². The Hall–Kier alpha value is -1.09. The molecule has 0 aliphatic carbocycles. The van der Waals surface area contributed by atoms with Crippen LogP contribution in [0.15, 0.2) is 27.7 Å². The molecule has 0 amide bonds. The Kier molecular flexibility index (Phi) is 6.69. The molecule has 2 N–H and O–H groups in total. The number of aromatic nitrogens is 1. The summed E-state index contributed by atoms with van der Waals surface area (Å²) in [6, 6.07) is 6.30. The van der Waals surface area contributed by atoms with Crippen LogP contribution in [0.25, 0.3) is 0 Å². The van der Waals surface area contributed by atoms with E-state index in [0.29, 0.717) is 12.5 Å². The van der Waals surface area contributed by atoms with E-state index in [1.807, 2.05) is 17.4 Å². The Bertz CT molecular complexity index is 621. The topological polar surface area (TPSA) is 62.5 Å². The van der Waals surface area contributed by atoms with Crippen molar-refractivity contribution >= 4 is 39.9 Å². The number of nitrogens with one attached hydrogen (secondary N) is 2. The van der Waals surface area contributed by atoms with Gasteiger partial charge in [-0.1, -0.05) is 19.0 Å². The minimum Gasteiger partial charge on any atom is -0.359 e. The second-order valence-corrected chi connectivity index (χ2v) is 8.24. The molecule has 0 atom stereocenters. The molecular weight excluding hydrogens is 411 g/mol. The van der Waals surface area contributed by atoms with Gasteiger partial charge in [0.2, 0.25) is 0 Å². The highest BCUT2D eigenvalue weighted by molar-refractivity contribution is 14.1. The lowest BCUT2D eigenvalue weighted by Crippen LogP contribution is -2.37. The zero-order valence-electron chi connectivity index (χ0n) is 13.0. The first kappa shape index (κ1) is 17.3. The molecule has 0 saturated heterocycles. The summed E-state index contributed by atoms with van der Waals surface area (Å²) in [6.45, 7) is 5.63. The number of hydrogen-bond donors (Lipinski definition) is 2. The molecule has 0 unspecified atom stereocenters. The number of halogens is 1. The second-order valence-electron chi connectivity index (χ2n) is 5.18. The van der Waals surface area contributed by atoms with Gasteiger partial charge in [-0.15, -0.1) is 11.3 Å². The summed E-state index contributed by atoms with van der Waals surface area (Å²) in [5, 5.41) is 10.6. The van der Waals surface area contributed by atoms with Crippen molar-refractivity contribution in [1.29, 1.82) is 0 Å². The molecule has 22 heavy (non-hydrogen) atoms. The van der Waals surface area contributed by atoms with Crippen LogP contribution in [-0.2, 0) is 13.0 Å². The van der Waals surface area contributed by atoms with Gasteiger partial charge in [0, 0.05) is 24.5 Å². The normalized spacial score (nSPS) is 12.0. The largest absolute Gasteiger partial charge is 0.359 e. The van der Waals surface area contributed by atoms with E-state index in [1.165, 1.54) is 7.76 Å². The summed E-state index contributed by atoms with van der Waals surface area (Å²) < 4.78 is 6.62. The van der Waals surface area contributed by atoms with Crippen LogP contribution in [0.4, 0.5) is 0 Å². The fourth-order valence-corrected chi connectivity index (χ4v) is 3.62. The first-order valence-electron chi connectivity index (χ1n) is 7.22. The van der Waals surface area contributed by atoms with E-state index in [2.05, 4.69) is 69.4 Å². The fraction of sp³-hybridized carbons (Fsp3) is 0.467. The lowest BCUT2D eigenvalue weighted by molar-refractivity contribution is 0.372. The zero-order chi connectivity index (χ0) is 15.9. The number of rotatable bonds is 6. The Morgan fingerprint density at radius 3 is 2.82 bits per heavy atom. The molecule has 120 valence electrons. The van der Waals surface area contributed by atoms with Gasteiger partial charge in [-0.3, -0.25) is 4.99 Å². The summed E-state index contributed by atoms with van der Waals surface area (Å²) in [7, 11) is 1.77. The van der Waals surface area contributed by atoms with Crippen molar-refractivity contribution in [1.82, 2.24) is 15.8 Å². The van der Waals surface area contributed by atoms with Gasteiger partial charge in [0.15, 0.2) is 11.7 Å². The Morgan fingerprint density at radius 1 is 1.41 bits per heavy atom. The van der Waals surface area contributed by atoms with E-state index in [4.69, 9.17) is 4.52 Å². The predicted octanol–water partition coefficient (Wildman–Crippen LogP) is 3.37. The van der Waals surface area contributed by atoms with E-state index < -0.39 is 0 Å². The fourth-order valence-electron chi connectivity index (χ4n) is 1.87. The molecule has 0 aliphatic heterocycles. The van der Waals surface area contributed by atoms with Crippen molar-refractivity contribution in [2.24, 2.45) is 4.99 Å². The zero-order valence-corrected chi connectivity index (χ0v) is 16.0. The maximum atomic E-state index is 5.30. The minimum atomic E-state index is 0.378. The number of nitrogens with zero attached hydrogens (tertiary/aromatic N) is 2. The molecule has 0 fully saturated rings. The Balaban J connectivity index is 1.74. The highest BCUT2D eigenvalue weighted by atomic mass is 127. The summed E-state index contributed by atoms with van der Waals surface area (Å²) in [6.07, 6.45) is 0.994. The molecule has 0 aliphatic rings. The molecule has 0 bridgehead atoms. The summed E-state index contributed by atoms with van der Waals surface area (Å²) in [4.78, 5) is 5.59. The van der Waals surface area contributed by atoms with Gasteiger partial charge in [0.1, 0.15) is 0 Å². The first-order chi connectivity index (χ1) is 10.6. The van der Waals surface area contributed by atoms with E-state index in [-0.39, 0.29) is 0 Å². The van der Waals surface area contributed by atoms with Crippen LogP contribution >= 0.6 is 33.9 Å². The van der Waals surface area contributed by atoms with Crippen LogP contribution in [-0.4, -0.2) is 24.7 Å². The van der Waals surface area contributed by atoms with Gasteiger partial charge < -0.3 is 15.2 Å². The SMILES string of the molecule is CN=C(NCCc1ccc(I)s1)NCc1cc(C(C)C)no1. The Labute approximate surface area is 148 Å². The van der Waals surface area contributed by atoms with Gasteiger partial charge >= 0.3 is 0 Å². The van der Waals surface area contributed by atoms with Crippen molar-refractivity contribution in [3.8, 4) is 0 Å². The first-order valence-corrected chi connectivity index (χ1v) is 9.12. The van der Waals surface area contributed by atoms with E-state index in [1.54, 1.807) is 7.05 Å². The van der Waals surface area contributed by atoms with Crippen molar-refractivity contribution in [2.45, 2.75) is 32.7 Å². The lowest BCUT2D eigenvalue weighted by Gasteiger charge is -2.09. The van der Waals surface area contributed by atoms with E-state index >= 15 is 0 Å². The predicted molar refractivity (Wildman–Crippen MR) is 99.5 cm³/mol. The average Bonchev–Trinajstić information content (AvgIpc) is 3.11. The monoisotopic (exact) mass is 432 g/mol. The van der Waals surface area contributed by atoms with Crippen LogP contribution in [0.2, 0.25) is 0 Å². The van der Waals surface area contributed by atoms with Gasteiger partial charge in [0.05, 0.1) is 15.1 Å². The van der Waals surface area contributed by atoms with Crippen LogP contribution in [0.3, 0.4) is 0 Å². The molecule has 2 aromatic heterocycles. The van der Waals surface area contributed by atoms with Gasteiger partial charge in [-0.25, -0.2) is 0 Å². The minimum absolute atomic E-state index is 0.378. The summed E-state index contributed by atoms with van der Waals surface area (Å²) >= 11 is 4.17. The third-order valence-electron chi connectivity index (χ3n) is 3.12. The Morgan fingerprint density at radius 2 is 2.23 bits per heavy atom. The third-order valence-corrected chi connectivity index (χ3v) is 5.07. The molecule has 5 nitrogen and oxygen atoms in total. The van der Waals surface area contributed by atoms with Crippen molar-refractivity contribution in [2.75, 3.05) is 13.6 Å². The van der Waals surface area contributed by atoms with Crippen molar-refractivity contribution in [3.63, 3.8) is 0 Å². The van der Waals surface area contributed by atoms with Crippen molar-refractivity contribution in [3.05, 3.63) is 37.4 Å². The van der Waals surface area contributed by atoms with Crippen LogP contribution in [0.1, 0.15) is 36.1 Å². The molecule has 0 saturated carbocycles. The number of hydrogen-bond acceptors (Lipinski definition) is 4. The lowest BCUT2D eigenvalue weighted by atomic mass is 10.1. The second kappa shape index (κ2) is 8.52. The highest BCUT2D eigenvalue weighted by Gasteiger charge is 2.08. The molecule has 0 aromatic carbocycles. The summed E-state index contributed by atoms with van der Waals surface area (Å²) in [5.74, 6) is 1.97. The van der Waals surface area contributed by atoms with Crippen LogP contribution in [0, 0.1) is 2.88 Å². The summed E-state index contributed by atoms with van der Waals surface area (Å²) in [5.41, 5.74) is 0.979. The molecule has 2 aromatic rings. The quantitative estimate of drug-likeness (QED) is 0.418. The van der Waals surface area contributed by atoms with Gasteiger partial charge in [-0.2, -0.15) is 0 Å². The molecular formula is C15H21IN4OS. The van der Waals surface area contributed by atoms with Gasteiger partial charge in [-0.05, 0) is 47.1 Å². The number of aliphatic imine (C=N–C) groups is 1. The maximum absolute atomic E-state index is 5.30. The maximum Gasteiger partial charge on any atom is 0.191 e. The molecule has 7 heteroatoms. The van der Waals surface area contributed by atoms with Crippen LogP contribution in [0.5, 0.6) is 0 Å². The molecule has 2 heterocycles. The van der Waals surface area contributed by atoms with Crippen LogP contribution < -0.4 is 10.6 Å². The average molecular weight is 432 g/mol. The number of guanidine groups is 1. The standard InChI is InChI=1S/C15H21IN4OS/c1-10(2)13-8-11(21-20-13)9-19-15(17-3)18-7-6-12-4-5-14(16)22-12/h4-5,8,10H,6-7,9H2,1-3H3,(H2,17,18,19). The molecule has 2 rings (SSSR count). The molecule has 0 radical (unpaired) electrons. The number of thiophene rings is 1.